The zero-order valence-corrected chi connectivity index (χ0v) is 14.3. The summed E-state index contributed by atoms with van der Waals surface area (Å²) >= 11 is 0. The van der Waals surface area contributed by atoms with E-state index in [1.165, 1.54) is 0 Å². The molecule has 1 aliphatic carbocycles. The number of carbonyl (C=O) groups excluding carboxylic acids is 1. The fraction of sp³-hybridized carbons (Fsp3) is 0.350. The van der Waals surface area contributed by atoms with Crippen molar-refractivity contribution in [2.75, 3.05) is 13.9 Å². The topological polar surface area (TPSA) is 54.0 Å². The van der Waals surface area contributed by atoms with Gasteiger partial charge in [0.15, 0.2) is 17.3 Å². The van der Waals surface area contributed by atoms with E-state index < -0.39 is 5.60 Å². The van der Waals surface area contributed by atoms with Gasteiger partial charge < -0.3 is 18.9 Å². The average Bonchev–Trinajstić information content (AvgIpc) is 3.18. The third-order valence-electron chi connectivity index (χ3n) is 5.16. The Kier molecular flexibility index (Phi) is 3.69. The van der Waals surface area contributed by atoms with Crippen molar-refractivity contribution in [3.63, 3.8) is 0 Å². The fourth-order valence-electron chi connectivity index (χ4n) is 3.78. The van der Waals surface area contributed by atoms with Gasteiger partial charge in [-0.05, 0) is 30.2 Å². The van der Waals surface area contributed by atoms with E-state index in [0.717, 1.165) is 11.3 Å². The van der Waals surface area contributed by atoms with E-state index in [1.807, 2.05) is 24.3 Å². The van der Waals surface area contributed by atoms with Crippen LogP contribution in [0.5, 0.6) is 11.5 Å². The van der Waals surface area contributed by atoms with E-state index in [-0.39, 0.29) is 24.6 Å². The molecule has 4 rings (SSSR count). The van der Waals surface area contributed by atoms with Crippen molar-refractivity contribution in [2.24, 2.45) is 5.92 Å². The van der Waals surface area contributed by atoms with E-state index in [9.17, 15) is 4.79 Å². The van der Waals surface area contributed by atoms with Gasteiger partial charge in [0, 0.05) is 24.7 Å². The van der Waals surface area contributed by atoms with Crippen molar-refractivity contribution in [1.29, 1.82) is 0 Å². The molecular formula is C20H20O5. The van der Waals surface area contributed by atoms with Gasteiger partial charge in [-0.2, -0.15) is 0 Å². The molecular weight excluding hydrogens is 320 g/mol. The van der Waals surface area contributed by atoms with Gasteiger partial charge in [-0.15, -0.1) is 6.58 Å². The molecule has 0 amide bonds. The maximum Gasteiger partial charge on any atom is 0.231 e. The number of carbonyl (C=O) groups is 1. The molecule has 0 N–H and O–H groups in total. The Morgan fingerprint density at radius 1 is 1.36 bits per heavy atom. The van der Waals surface area contributed by atoms with Gasteiger partial charge in [-0.3, -0.25) is 4.79 Å². The number of ketones is 1. The van der Waals surface area contributed by atoms with Gasteiger partial charge in [-0.1, -0.05) is 19.1 Å². The predicted molar refractivity (Wildman–Crippen MR) is 91.3 cm³/mol. The molecule has 3 aliphatic rings. The second-order valence-corrected chi connectivity index (χ2v) is 6.47. The Labute approximate surface area is 146 Å². The van der Waals surface area contributed by atoms with Crippen molar-refractivity contribution in [3.8, 4) is 11.5 Å². The Hall–Kier alpha value is -2.53. The lowest BCUT2D eigenvalue weighted by Gasteiger charge is -2.31. The summed E-state index contributed by atoms with van der Waals surface area (Å²) in [6.45, 7) is 6.02. The summed E-state index contributed by atoms with van der Waals surface area (Å²) < 4.78 is 22.9. The van der Waals surface area contributed by atoms with Crippen molar-refractivity contribution < 1.29 is 23.7 Å². The second-order valence-electron chi connectivity index (χ2n) is 6.47. The molecule has 2 heterocycles. The summed E-state index contributed by atoms with van der Waals surface area (Å²) in [6.07, 6.45) is 5.43. The first-order valence-corrected chi connectivity index (χ1v) is 8.29. The highest BCUT2D eigenvalue weighted by Gasteiger charge is 2.53. The predicted octanol–water partition coefficient (Wildman–Crippen LogP) is 3.48. The monoisotopic (exact) mass is 340 g/mol. The van der Waals surface area contributed by atoms with Gasteiger partial charge >= 0.3 is 0 Å². The normalized spacial score (nSPS) is 29.6. The number of methoxy groups -OCH3 is 1. The maximum atomic E-state index is 12.3. The molecule has 2 aliphatic heterocycles. The van der Waals surface area contributed by atoms with Crippen LogP contribution in [0.1, 0.15) is 25.0 Å². The van der Waals surface area contributed by atoms with Crippen LogP contribution in [0.15, 0.2) is 54.3 Å². The number of allylic oxidation sites excluding steroid dienone is 3. The highest BCUT2D eigenvalue weighted by Crippen LogP contribution is 2.52. The Balaban J connectivity index is 1.74. The summed E-state index contributed by atoms with van der Waals surface area (Å²) in [5, 5.41) is 0. The molecule has 1 aromatic carbocycles. The molecule has 3 atom stereocenters. The van der Waals surface area contributed by atoms with Gasteiger partial charge in [0.25, 0.3) is 0 Å². The Bertz CT molecular complexity index is 806. The van der Waals surface area contributed by atoms with Crippen LogP contribution < -0.4 is 9.47 Å². The van der Waals surface area contributed by atoms with Gasteiger partial charge in [0.05, 0.1) is 0 Å². The standard InChI is InChI=1S/C20H20O5/c1-4-5-14-10-20(22-3)12(2)19(25-18(20)9-15(14)21)13-6-7-16-17(8-13)24-11-23-16/h4,6-10,12,19H,1,5,11H2,2-3H3/t12?,19?,20-/m0/s1. The number of benzene rings is 1. The minimum absolute atomic E-state index is 0.0166. The number of ether oxygens (including phenoxy) is 4. The lowest BCUT2D eigenvalue weighted by Crippen LogP contribution is -2.38. The van der Waals surface area contributed by atoms with E-state index >= 15 is 0 Å². The summed E-state index contributed by atoms with van der Waals surface area (Å²) in [5.41, 5.74) is 0.907. The molecule has 1 saturated heterocycles. The summed E-state index contributed by atoms with van der Waals surface area (Å²) in [5.74, 6) is 1.93. The highest BCUT2D eigenvalue weighted by molar-refractivity contribution is 6.06. The zero-order chi connectivity index (χ0) is 17.6. The molecule has 0 radical (unpaired) electrons. The number of rotatable bonds is 4. The van der Waals surface area contributed by atoms with Crippen molar-refractivity contribution in [3.05, 3.63) is 59.9 Å². The van der Waals surface area contributed by atoms with Crippen molar-refractivity contribution in [1.82, 2.24) is 0 Å². The van der Waals surface area contributed by atoms with Crippen LogP contribution in [0.4, 0.5) is 0 Å². The third kappa shape index (κ3) is 2.30. The van der Waals surface area contributed by atoms with Crippen molar-refractivity contribution in [2.45, 2.75) is 25.0 Å². The first-order chi connectivity index (χ1) is 12.1. The van der Waals surface area contributed by atoms with Gasteiger partial charge in [0.1, 0.15) is 17.5 Å². The third-order valence-corrected chi connectivity index (χ3v) is 5.16. The SMILES string of the molecule is C=CCC1=C[C@@]2(OC)C(=CC1=O)OC(c1ccc3c(c1)OCO3)C2C. The molecule has 5 nitrogen and oxygen atoms in total. The van der Waals surface area contributed by atoms with Crippen LogP contribution in [-0.2, 0) is 14.3 Å². The Morgan fingerprint density at radius 2 is 2.16 bits per heavy atom. The molecule has 0 aromatic heterocycles. The zero-order valence-electron chi connectivity index (χ0n) is 14.3. The fourth-order valence-corrected chi connectivity index (χ4v) is 3.78. The molecule has 130 valence electrons. The number of hydrogen-bond acceptors (Lipinski definition) is 5. The van der Waals surface area contributed by atoms with Gasteiger partial charge in [0.2, 0.25) is 6.79 Å². The van der Waals surface area contributed by atoms with E-state index in [1.54, 1.807) is 19.3 Å². The Morgan fingerprint density at radius 3 is 2.92 bits per heavy atom. The molecule has 5 heteroatoms. The molecule has 0 spiro atoms. The smallest absolute Gasteiger partial charge is 0.231 e. The summed E-state index contributed by atoms with van der Waals surface area (Å²) in [7, 11) is 1.65. The van der Waals surface area contributed by atoms with Gasteiger partial charge in [-0.25, -0.2) is 0 Å². The lowest BCUT2D eigenvalue weighted by molar-refractivity contribution is -0.112. The summed E-state index contributed by atoms with van der Waals surface area (Å²) in [6, 6.07) is 5.78. The second kappa shape index (κ2) is 5.77. The van der Waals surface area contributed by atoms with E-state index in [2.05, 4.69) is 13.5 Å². The molecule has 0 saturated carbocycles. The van der Waals surface area contributed by atoms with Crippen LogP contribution in [0, 0.1) is 5.92 Å². The van der Waals surface area contributed by atoms with Crippen LogP contribution in [0.25, 0.3) is 0 Å². The minimum Gasteiger partial charge on any atom is -0.486 e. The quantitative estimate of drug-likeness (QED) is 0.786. The summed E-state index contributed by atoms with van der Waals surface area (Å²) in [4.78, 5) is 12.3. The largest absolute Gasteiger partial charge is 0.486 e. The molecule has 1 fully saturated rings. The van der Waals surface area contributed by atoms with E-state index in [4.69, 9.17) is 18.9 Å². The van der Waals surface area contributed by atoms with Crippen molar-refractivity contribution >= 4 is 5.78 Å². The molecule has 0 bridgehead atoms. The maximum absolute atomic E-state index is 12.3. The molecule has 25 heavy (non-hydrogen) atoms. The van der Waals surface area contributed by atoms with Crippen LogP contribution in [-0.4, -0.2) is 25.3 Å². The number of hydrogen-bond donors (Lipinski definition) is 0. The first kappa shape index (κ1) is 16.0. The lowest BCUT2D eigenvalue weighted by atomic mass is 9.78. The number of fused-ring (bicyclic) bond motifs is 2. The average molecular weight is 340 g/mol. The highest BCUT2D eigenvalue weighted by atomic mass is 16.7. The minimum atomic E-state index is -0.743. The molecule has 2 unspecified atom stereocenters. The first-order valence-electron chi connectivity index (χ1n) is 8.29. The van der Waals surface area contributed by atoms with Crippen LogP contribution in [0.3, 0.4) is 0 Å². The van der Waals surface area contributed by atoms with E-state index in [0.29, 0.717) is 23.5 Å². The van der Waals surface area contributed by atoms with Crippen LogP contribution in [0.2, 0.25) is 0 Å². The van der Waals surface area contributed by atoms with Crippen LogP contribution >= 0.6 is 0 Å². The molecule has 1 aromatic rings.